The molecule has 1 aliphatic rings. The molecular formula is C10H16O. The lowest BCUT2D eigenvalue weighted by molar-refractivity contribution is -0.115. The molecule has 0 fully saturated rings. The van der Waals surface area contributed by atoms with Crippen LogP contribution in [-0.2, 0) is 4.79 Å². The molecule has 0 radical (unpaired) electrons. The Hall–Kier alpha value is -0.590. The van der Waals surface area contributed by atoms with Gasteiger partial charge < -0.3 is 0 Å². The number of hydrogen-bond donors (Lipinski definition) is 0. The molecule has 0 saturated carbocycles. The largest absolute Gasteiger partial charge is 0.295 e. The second-order valence-corrected chi connectivity index (χ2v) is 3.76. The van der Waals surface area contributed by atoms with Gasteiger partial charge in [0, 0.05) is 6.42 Å². The monoisotopic (exact) mass is 152 g/mol. The van der Waals surface area contributed by atoms with Crippen LogP contribution in [0.15, 0.2) is 11.1 Å². The van der Waals surface area contributed by atoms with E-state index in [0.717, 1.165) is 12.0 Å². The van der Waals surface area contributed by atoms with Gasteiger partial charge in [0.15, 0.2) is 5.78 Å². The Morgan fingerprint density at radius 1 is 1.45 bits per heavy atom. The van der Waals surface area contributed by atoms with Crippen molar-refractivity contribution < 1.29 is 4.79 Å². The highest BCUT2D eigenvalue weighted by Gasteiger charge is 2.27. The van der Waals surface area contributed by atoms with Gasteiger partial charge in [-0.05, 0) is 24.3 Å². The van der Waals surface area contributed by atoms with Crippen molar-refractivity contribution in [3.63, 3.8) is 0 Å². The molecule has 0 aromatic heterocycles. The molecule has 11 heavy (non-hydrogen) atoms. The van der Waals surface area contributed by atoms with Crippen molar-refractivity contribution in [2.75, 3.05) is 0 Å². The van der Waals surface area contributed by atoms with E-state index >= 15 is 0 Å². The molecule has 0 N–H and O–H groups in total. The van der Waals surface area contributed by atoms with E-state index < -0.39 is 0 Å². The second kappa shape index (κ2) is 2.80. The van der Waals surface area contributed by atoms with Crippen molar-refractivity contribution in [2.45, 2.75) is 34.1 Å². The van der Waals surface area contributed by atoms with Crippen LogP contribution in [0.2, 0.25) is 0 Å². The molecule has 0 bridgehead atoms. The summed E-state index contributed by atoms with van der Waals surface area (Å²) >= 11 is 0. The van der Waals surface area contributed by atoms with Crippen LogP contribution in [0.1, 0.15) is 34.1 Å². The van der Waals surface area contributed by atoms with Gasteiger partial charge in [-0.25, -0.2) is 0 Å². The molecule has 0 aromatic rings. The molecule has 0 saturated heterocycles. The number of rotatable bonds is 1. The lowest BCUT2D eigenvalue weighted by atomic mass is 9.93. The van der Waals surface area contributed by atoms with Gasteiger partial charge in [0.1, 0.15) is 0 Å². The normalized spacial score (nSPS) is 25.5. The average Bonchev–Trinajstić information content (AvgIpc) is 2.07. The molecule has 1 unspecified atom stereocenters. The maximum Gasteiger partial charge on any atom is 0.159 e. The highest BCUT2D eigenvalue weighted by atomic mass is 16.1. The molecule has 0 spiro atoms. The highest BCUT2D eigenvalue weighted by Crippen LogP contribution is 2.33. The zero-order valence-electron chi connectivity index (χ0n) is 7.77. The van der Waals surface area contributed by atoms with E-state index in [2.05, 4.69) is 20.8 Å². The van der Waals surface area contributed by atoms with E-state index in [-0.39, 0.29) is 0 Å². The summed E-state index contributed by atoms with van der Waals surface area (Å²) in [5.41, 5.74) is 2.39. The first-order valence-corrected chi connectivity index (χ1v) is 4.28. The minimum atomic E-state index is 0.348. The summed E-state index contributed by atoms with van der Waals surface area (Å²) in [6.45, 7) is 8.42. The Morgan fingerprint density at radius 3 is 2.18 bits per heavy atom. The van der Waals surface area contributed by atoms with Crippen LogP contribution in [0.5, 0.6) is 0 Å². The summed E-state index contributed by atoms with van der Waals surface area (Å²) < 4.78 is 0. The quantitative estimate of drug-likeness (QED) is 0.564. The molecule has 1 aliphatic carbocycles. The van der Waals surface area contributed by atoms with Crippen molar-refractivity contribution in [3.8, 4) is 0 Å². The number of allylic oxidation sites excluding steroid dienone is 2. The molecule has 62 valence electrons. The molecular weight excluding hydrogens is 136 g/mol. The molecule has 0 aliphatic heterocycles. The third kappa shape index (κ3) is 1.37. The predicted octanol–water partition coefficient (Wildman–Crippen LogP) is 2.57. The molecule has 0 heterocycles. The summed E-state index contributed by atoms with van der Waals surface area (Å²) in [6, 6.07) is 0. The summed E-state index contributed by atoms with van der Waals surface area (Å²) in [7, 11) is 0. The molecule has 0 aromatic carbocycles. The van der Waals surface area contributed by atoms with Gasteiger partial charge in [-0.2, -0.15) is 0 Å². The first-order valence-electron chi connectivity index (χ1n) is 4.28. The molecule has 1 atom stereocenters. The van der Waals surface area contributed by atoms with Crippen molar-refractivity contribution in [1.82, 2.24) is 0 Å². The number of Topliss-reactive ketones (excluding diaryl/α,β-unsaturated/α-hetero) is 1. The van der Waals surface area contributed by atoms with Crippen LogP contribution in [0, 0.1) is 11.8 Å². The smallest absolute Gasteiger partial charge is 0.159 e. The number of carbonyl (C=O) groups excluding carboxylic acids is 1. The number of ketones is 1. The van der Waals surface area contributed by atoms with Gasteiger partial charge in [-0.15, -0.1) is 0 Å². The maximum atomic E-state index is 11.2. The average molecular weight is 152 g/mol. The van der Waals surface area contributed by atoms with Crippen LogP contribution in [0.25, 0.3) is 0 Å². The fourth-order valence-electron chi connectivity index (χ4n) is 2.07. The molecule has 1 heteroatoms. The van der Waals surface area contributed by atoms with Crippen LogP contribution < -0.4 is 0 Å². The third-order valence-corrected chi connectivity index (χ3v) is 2.50. The summed E-state index contributed by atoms with van der Waals surface area (Å²) in [6.07, 6.45) is 0.735. The minimum absolute atomic E-state index is 0.348. The van der Waals surface area contributed by atoms with Gasteiger partial charge in [0.25, 0.3) is 0 Å². The van der Waals surface area contributed by atoms with Gasteiger partial charge in [-0.3, -0.25) is 4.79 Å². The highest BCUT2D eigenvalue weighted by molar-refractivity contribution is 5.98. The van der Waals surface area contributed by atoms with Gasteiger partial charge >= 0.3 is 0 Å². The lowest BCUT2D eigenvalue weighted by Gasteiger charge is -2.12. The van der Waals surface area contributed by atoms with Crippen molar-refractivity contribution in [1.29, 1.82) is 0 Å². The zero-order valence-corrected chi connectivity index (χ0v) is 7.77. The Bertz CT molecular complexity index is 211. The van der Waals surface area contributed by atoms with E-state index in [1.54, 1.807) is 0 Å². The van der Waals surface area contributed by atoms with E-state index in [1.807, 2.05) is 6.92 Å². The van der Waals surface area contributed by atoms with Gasteiger partial charge in [-0.1, -0.05) is 26.3 Å². The second-order valence-electron chi connectivity index (χ2n) is 3.76. The van der Waals surface area contributed by atoms with E-state index in [4.69, 9.17) is 0 Å². The number of carbonyl (C=O) groups is 1. The van der Waals surface area contributed by atoms with Gasteiger partial charge in [0.2, 0.25) is 0 Å². The maximum absolute atomic E-state index is 11.2. The fourth-order valence-corrected chi connectivity index (χ4v) is 2.07. The topological polar surface area (TPSA) is 17.1 Å². The lowest BCUT2D eigenvalue weighted by Crippen LogP contribution is -2.00. The van der Waals surface area contributed by atoms with Crippen LogP contribution in [-0.4, -0.2) is 5.78 Å². The van der Waals surface area contributed by atoms with Crippen molar-refractivity contribution in [3.05, 3.63) is 11.1 Å². The summed E-state index contributed by atoms with van der Waals surface area (Å²) in [5, 5.41) is 0. The van der Waals surface area contributed by atoms with Crippen molar-refractivity contribution >= 4 is 5.78 Å². The standard InChI is InChI=1S/C10H16O/c1-6(2)10-7(3)5-9(11)8(10)4/h6-7H,5H2,1-4H3. The number of hydrogen-bond acceptors (Lipinski definition) is 1. The Balaban J connectivity index is 2.97. The van der Waals surface area contributed by atoms with Crippen LogP contribution in [0.3, 0.4) is 0 Å². The Labute approximate surface area is 68.5 Å². The van der Waals surface area contributed by atoms with E-state index in [0.29, 0.717) is 17.6 Å². The summed E-state index contributed by atoms with van der Waals surface area (Å²) in [5.74, 6) is 1.38. The van der Waals surface area contributed by atoms with Crippen LogP contribution in [0.4, 0.5) is 0 Å². The molecule has 1 nitrogen and oxygen atoms in total. The van der Waals surface area contributed by atoms with Crippen molar-refractivity contribution in [2.24, 2.45) is 11.8 Å². The van der Waals surface area contributed by atoms with E-state index in [1.165, 1.54) is 5.57 Å². The fraction of sp³-hybridized carbons (Fsp3) is 0.700. The predicted molar refractivity (Wildman–Crippen MR) is 46.3 cm³/mol. The van der Waals surface area contributed by atoms with Crippen LogP contribution >= 0.6 is 0 Å². The van der Waals surface area contributed by atoms with Gasteiger partial charge in [0.05, 0.1) is 0 Å². The minimum Gasteiger partial charge on any atom is -0.295 e. The van der Waals surface area contributed by atoms with E-state index in [9.17, 15) is 4.79 Å². The Kier molecular flexibility index (Phi) is 2.17. The third-order valence-electron chi connectivity index (χ3n) is 2.50. The first-order chi connectivity index (χ1) is 5.04. The molecule has 0 amide bonds. The Morgan fingerprint density at radius 2 is 2.00 bits per heavy atom. The first kappa shape index (κ1) is 8.51. The summed E-state index contributed by atoms with van der Waals surface area (Å²) in [4.78, 5) is 11.2. The zero-order chi connectivity index (χ0) is 8.59. The SMILES string of the molecule is CC1=C(C(C)C)C(C)CC1=O. The molecule has 1 rings (SSSR count).